The zero-order chi connectivity index (χ0) is 15.3. The monoisotopic (exact) mass is 328 g/mol. The van der Waals surface area contributed by atoms with Crippen molar-refractivity contribution < 1.29 is 5.11 Å². The lowest BCUT2D eigenvalue weighted by Gasteiger charge is -2.25. The molecular weight excluding hydrogens is 319 g/mol. The summed E-state index contributed by atoms with van der Waals surface area (Å²) in [4.78, 5) is 8.39. The molecule has 0 amide bonds. The van der Waals surface area contributed by atoms with Crippen LogP contribution in [-0.2, 0) is 5.60 Å². The molecule has 108 valence electrons. The average molecular weight is 329 g/mol. The summed E-state index contributed by atoms with van der Waals surface area (Å²) in [7, 11) is 0. The minimum absolute atomic E-state index is 0.601. The zero-order valence-corrected chi connectivity index (χ0v) is 12.8. The van der Waals surface area contributed by atoms with Gasteiger partial charge in [0.15, 0.2) is 0 Å². The number of aromatic nitrogens is 2. The highest BCUT2D eigenvalue weighted by molar-refractivity contribution is 6.31. The van der Waals surface area contributed by atoms with E-state index in [2.05, 4.69) is 9.97 Å². The number of hydrogen-bond donors (Lipinski definition) is 1. The van der Waals surface area contributed by atoms with Crippen LogP contribution >= 0.6 is 23.2 Å². The summed E-state index contributed by atoms with van der Waals surface area (Å²) in [5.74, 6) is 0. The number of hydrogen-bond acceptors (Lipinski definition) is 3. The highest BCUT2D eigenvalue weighted by atomic mass is 35.5. The fourth-order valence-corrected chi connectivity index (χ4v) is 3.28. The molecule has 3 nitrogen and oxygen atoms in total. The predicted octanol–water partition coefficient (Wildman–Crippen LogP) is 4.05. The highest BCUT2D eigenvalue weighted by Crippen LogP contribution is 2.50. The molecule has 1 unspecified atom stereocenters. The van der Waals surface area contributed by atoms with Crippen LogP contribution in [0.1, 0.15) is 16.7 Å². The Hall–Kier alpha value is -1.94. The van der Waals surface area contributed by atoms with Gasteiger partial charge in [0.05, 0.1) is 5.69 Å². The molecule has 2 aromatic carbocycles. The predicted molar refractivity (Wildman–Crippen MR) is 86.0 cm³/mol. The summed E-state index contributed by atoms with van der Waals surface area (Å²) in [6.45, 7) is 0. The first-order valence-electron chi connectivity index (χ1n) is 6.70. The molecule has 1 aromatic heterocycles. The molecular formula is C17H10Cl2N2O. The van der Waals surface area contributed by atoms with E-state index in [9.17, 15) is 5.11 Å². The number of fused-ring (bicyclic) bond motifs is 3. The first-order valence-corrected chi connectivity index (χ1v) is 7.45. The van der Waals surface area contributed by atoms with Crippen LogP contribution in [0.4, 0.5) is 0 Å². The highest BCUT2D eigenvalue weighted by Gasteiger charge is 2.44. The van der Waals surface area contributed by atoms with E-state index in [4.69, 9.17) is 23.2 Å². The van der Waals surface area contributed by atoms with Crippen LogP contribution in [-0.4, -0.2) is 15.1 Å². The third-order valence-corrected chi connectivity index (χ3v) is 4.48. The molecule has 0 saturated carbocycles. The van der Waals surface area contributed by atoms with Crippen molar-refractivity contribution in [3.63, 3.8) is 0 Å². The molecule has 1 aliphatic carbocycles. The summed E-state index contributed by atoms with van der Waals surface area (Å²) in [5, 5.41) is 12.7. The molecule has 0 spiro atoms. The number of rotatable bonds is 1. The Morgan fingerprint density at radius 1 is 0.909 bits per heavy atom. The first kappa shape index (κ1) is 13.7. The first-order chi connectivity index (χ1) is 10.6. The molecule has 0 saturated heterocycles. The lowest BCUT2D eigenvalue weighted by atomic mass is 9.85. The maximum atomic E-state index is 11.5. The summed E-state index contributed by atoms with van der Waals surface area (Å²) in [5.41, 5.74) is 2.33. The van der Waals surface area contributed by atoms with Crippen molar-refractivity contribution in [2.45, 2.75) is 5.60 Å². The maximum absolute atomic E-state index is 11.5. The molecule has 3 aromatic rings. The second-order valence-electron chi connectivity index (χ2n) is 5.19. The van der Waals surface area contributed by atoms with Crippen LogP contribution < -0.4 is 0 Å². The van der Waals surface area contributed by atoms with E-state index in [0.717, 1.165) is 11.1 Å². The Morgan fingerprint density at radius 2 is 1.64 bits per heavy atom. The van der Waals surface area contributed by atoms with Gasteiger partial charge >= 0.3 is 0 Å². The molecule has 1 atom stereocenters. The molecule has 0 radical (unpaired) electrons. The Bertz CT molecular complexity index is 880. The van der Waals surface area contributed by atoms with E-state index in [1.54, 1.807) is 24.4 Å². The number of nitrogens with zero attached hydrogens (tertiary/aromatic N) is 2. The van der Waals surface area contributed by atoms with E-state index in [0.29, 0.717) is 26.9 Å². The Kier molecular flexibility index (Phi) is 2.98. The fraction of sp³-hybridized carbons (Fsp3) is 0.0588. The van der Waals surface area contributed by atoms with E-state index < -0.39 is 5.60 Å². The fourth-order valence-electron chi connectivity index (χ4n) is 2.98. The zero-order valence-electron chi connectivity index (χ0n) is 11.3. The quantitative estimate of drug-likeness (QED) is 0.733. The third kappa shape index (κ3) is 1.80. The molecule has 0 aliphatic heterocycles. The minimum Gasteiger partial charge on any atom is -0.376 e. The maximum Gasteiger partial charge on any atom is 0.144 e. The Balaban J connectivity index is 2.06. The van der Waals surface area contributed by atoms with E-state index in [1.807, 2.05) is 24.3 Å². The molecule has 1 heterocycles. The summed E-state index contributed by atoms with van der Waals surface area (Å²) < 4.78 is 0. The molecule has 5 heteroatoms. The Labute approximate surface area is 137 Å². The molecule has 4 rings (SSSR count). The lowest BCUT2D eigenvalue weighted by Crippen LogP contribution is -2.26. The third-order valence-electron chi connectivity index (χ3n) is 3.99. The normalized spacial score (nSPS) is 18.9. The van der Waals surface area contributed by atoms with E-state index in [1.165, 1.54) is 6.33 Å². The van der Waals surface area contributed by atoms with Gasteiger partial charge in [0.25, 0.3) is 0 Å². The van der Waals surface area contributed by atoms with Gasteiger partial charge in [-0.05, 0) is 29.8 Å². The average Bonchev–Trinajstić information content (AvgIpc) is 2.79. The molecule has 0 fully saturated rings. The van der Waals surface area contributed by atoms with Gasteiger partial charge in [-0.15, -0.1) is 0 Å². The summed E-state index contributed by atoms with van der Waals surface area (Å²) >= 11 is 12.1. The smallest absolute Gasteiger partial charge is 0.144 e. The van der Waals surface area contributed by atoms with Gasteiger partial charge in [-0.25, -0.2) is 9.97 Å². The molecule has 1 N–H and O–H groups in total. The summed E-state index contributed by atoms with van der Waals surface area (Å²) in [6, 6.07) is 12.5. The van der Waals surface area contributed by atoms with Gasteiger partial charge in [0.2, 0.25) is 0 Å². The van der Waals surface area contributed by atoms with Gasteiger partial charge in [0, 0.05) is 32.9 Å². The molecule has 22 heavy (non-hydrogen) atoms. The van der Waals surface area contributed by atoms with Crippen LogP contribution in [0.5, 0.6) is 0 Å². The molecule has 0 bridgehead atoms. The van der Waals surface area contributed by atoms with Gasteiger partial charge in [-0.1, -0.05) is 41.4 Å². The van der Waals surface area contributed by atoms with Crippen LogP contribution in [0.3, 0.4) is 0 Å². The standard InChI is InChI=1S/C17H10Cl2N2O/c18-11-3-1-10(2-4-11)17(22)14-6-5-12(19)7-13(14)16-15(17)8-20-9-21-16/h1-9,22H. The van der Waals surface area contributed by atoms with Gasteiger partial charge in [-0.3, -0.25) is 0 Å². The van der Waals surface area contributed by atoms with Crippen molar-refractivity contribution in [2.24, 2.45) is 0 Å². The second-order valence-corrected chi connectivity index (χ2v) is 6.07. The molecule has 1 aliphatic rings. The van der Waals surface area contributed by atoms with Crippen LogP contribution in [0.25, 0.3) is 11.3 Å². The summed E-state index contributed by atoms with van der Waals surface area (Å²) in [6.07, 6.45) is 3.11. The SMILES string of the molecule is OC1(c2ccc(Cl)cc2)c2ccc(Cl)cc2-c2ncncc21. The van der Waals surface area contributed by atoms with Crippen LogP contribution in [0.15, 0.2) is 55.0 Å². The van der Waals surface area contributed by atoms with Gasteiger partial charge in [0.1, 0.15) is 11.9 Å². The number of benzene rings is 2. The van der Waals surface area contributed by atoms with Crippen molar-refractivity contribution in [3.8, 4) is 11.3 Å². The number of aliphatic hydroxyl groups is 1. The number of halogens is 2. The minimum atomic E-state index is -1.30. The van der Waals surface area contributed by atoms with E-state index in [-0.39, 0.29) is 0 Å². The second kappa shape index (κ2) is 4.78. The van der Waals surface area contributed by atoms with Crippen molar-refractivity contribution in [1.29, 1.82) is 0 Å². The largest absolute Gasteiger partial charge is 0.376 e. The van der Waals surface area contributed by atoms with Gasteiger partial charge in [-0.2, -0.15) is 0 Å². The van der Waals surface area contributed by atoms with Crippen molar-refractivity contribution in [3.05, 3.63) is 81.7 Å². The Morgan fingerprint density at radius 3 is 2.41 bits per heavy atom. The van der Waals surface area contributed by atoms with E-state index >= 15 is 0 Å². The lowest BCUT2D eigenvalue weighted by molar-refractivity contribution is 0.130. The van der Waals surface area contributed by atoms with Crippen LogP contribution in [0, 0.1) is 0 Å². The topological polar surface area (TPSA) is 46.0 Å². The van der Waals surface area contributed by atoms with Crippen molar-refractivity contribution in [1.82, 2.24) is 9.97 Å². The van der Waals surface area contributed by atoms with Crippen LogP contribution in [0.2, 0.25) is 10.0 Å². The van der Waals surface area contributed by atoms with Crippen molar-refractivity contribution >= 4 is 23.2 Å². The van der Waals surface area contributed by atoms with Crippen molar-refractivity contribution in [2.75, 3.05) is 0 Å². The van der Waals surface area contributed by atoms with Gasteiger partial charge < -0.3 is 5.11 Å².